The highest BCUT2D eigenvalue weighted by Crippen LogP contribution is 2.25. The summed E-state index contributed by atoms with van der Waals surface area (Å²) in [5, 5.41) is 3.96. The van der Waals surface area contributed by atoms with Crippen LogP contribution in [-0.2, 0) is 4.84 Å². The SMILES string of the molecule is CCC(C)CONC(=O)N1CCC(c2noc(C)n2)CC1. The molecule has 118 valence electrons. The first-order valence-corrected chi connectivity index (χ1v) is 7.57. The number of hydroxylamine groups is 1. The molecule has 0 spiro atoms. The molecule has 1 N–H and O–H groups in total. The number of likely N-dealkylation sites (tertiary alicyclic amines) is 1. The molecule has 0 radical (unpaired) electrons. The molecule has 0 bridgehead atoms. The van der Waals surface area contributed by atoms with Gasteiger partial charge >= 0.3 is 6.03 Å². The Kier molecular flexibility index (Phi) is 5.55. The molecule has 0 saturated carbocycles. The zero-order chi connectivity index (χ0) is 15.2. The van der Waals surface area contributed by atoms with Crippen LogP contribution in [0, 0.1) is 12.8 Å². The number of urea groups is 1. The van der Waals surface area contributed by atoms with Gasteiger partial charge in [-0.25, -0.2) is 10.3 Å². The maximum absolute atomic E-state index is 12.0. The number of hydrogen-bond donors (Lipinski definition) is 1. The monoisotopic (exact) mass is 296 g/mol. The summed E-state index contributed by atoms with van der Waals surface area (Å²) < 4.78 is 5.00. The lowest BCUT2D eigenvalue weighted by atomic mass is 9.96. The van der Waals surface area contributed by atoms with Crippen molar-refractivity contribution in [1.82, 2.24) is 20.5 Å². The van der Waals surface area contributed by atoms with Gasteiger partial charge in [-0.15, -0.1) is 0 Å². The highest BCUT2D eigenvalue weighted by molar-refractivity contribution is 5.73. The lowest BCUT2D eigenvalue weighted by Gasteiger charge is -2.30. The highest BCUT2D eigenvalue weighted by Gasteiger charge is 2.26. The van der Waals surface area contributed by atoms with Crippen molar-refractivity contribution >= 4 is 6.03 Å². The molecule has 21 heavy (non-hydrogen) atoms. The summed E-state index contributed by atoms with van der Waals surface area (Å²) in [6.45, 7) is 7.87. The van der Waals surface area contributed by atoms with Gasteiger partial charge in [-0.3, -0.25) is 4.84 Å². The van der Waals surface area contributed by atoms with Gasteiger partial charge in [0.15, 0.2) is 5.82 Å². The quantitative estimate of drug-likeness (QED) is 0.843. The number of carbonyl (C=O) groups excluding carboxylic acids is 1. The molecule has 1 aromatic rings. The average molecular weight is 296 g/mol. The summed E-state index contributed by atoms with van der Waals surface area (Å²) >= 11 is 0. The van der Waals surface area contributed by atoms with E-state index in [1.807, 2.05) is 0 Å². The standard InChI is InChI=1S/C14H24N4O3/c1-4-10(2)9-20-17-14(19)18-7-5-12(6-8-18)13-15-11(3)21-16-13/h10,12H,4-9H2,1-3H3,(H,17,19). The van der Waals surface area contributed by atoms with E-state index in [1.54, 1.807) is 11.8 Å². The number of piperidine rings is 1. The maximum atomic E-state index is 12.0. The van der Waals surface area contributed by atoms with Crippen molar-refractivity contribution in [3.05, 3.63) is 11.7 Å². The first-order chi connectivity index (χ1) is 10.1. The molecule has 1 saturated heterocycles. The van der Waals surface area contributed by atoms with Crippen molar-refractivity contribution in [1.29, 1.82) is 0 Å². The molecule has 0 aliphatic carbocycles. The summed E-state index contributed by atoms with van der Waals surface area (Å²) in [5.74, 6) is 2.05. The molecule has 7 nitrogen and oxygen atoms in total. The summed E-state index contributed by atoms with van der Waals surface area (Å²) in [6, 6.07) is -0.166. The molecule has 1 atom stereocenters. The van der Waals surface area contributed by atoms with E-state index in [0.29, 0.717) is 31.5 Å². The minimum Gasteiger partial charge on any atom is -0.340 e. The molecule has 1 aliphatic rings. The van der Waals surface area contributed by atoms with E-state index in [9.17, 15) is 4.79 Å². The van der Waals surface area contributed by atoms with Crippen LogP contribution in [0.5, 0.6) is 0 Å². The Balaban J connectivity index is 1.72. The van der Waals surface area contributed by atoms with Crippen molar-refractivity contribution < 1.29 is 14.2 Å². The van der Waals surface area contributed by atoms with Crippen LogP contribution in [-0.4, -0.2) is 40.8 Å². The van der Waals surface area contributed by atoms with Crippen LogP contribution in [0.15, 0.2) is 4.52 Å². The van der Waals surface area contributed by atoms with Crippen molar-refractivity contribution in [2.45, 2.75) is 46.0 Å². The zero-order valence-electron chi connectivity index (χ0n) is 13.0. The Bertz CT molecular complexity index is 455. The van der Waals surface area contributed by atoms with E-state index in [2.05, 4.69) is 29.5 Å². The molecule has 2 rings (SSSR count). The van der Waals surface area contributed by atoms with Crippen LogP contribution >= 0.6 is 0 Å². The van der Waals surface area contributed by atoms with Gasteiger partial charge in [0.05, 0.1) is 6.61 Å². The third-order valence-corrected chi connectivity index (χ3v) is 3.91. The first-order valence-electron chi connectivity index (χ1n) is 7.57. The van der Waals surface area contributed by atoms with Crippen LogP contribution in [0.1, 0.15) is 50.7 Å². The molecule has 1 aliphatic heterocycles. The van der Waals surface area contributed by atoms with Crippen LogP contribution in [0.4, 0.5) is 4.79 Å². The predicted octanol–water partition coefficient (Wildman–Crippen LogP) is 2.24. The average Bonchev–Trinajstić information content (AvgIpc) is 2.93. The fourth-order valence-electron chi connectivity index (χ4n) is 2.25. The van der Waals surface area contributed by atoms with Gasteiger partial charge in [0.2, 0.25) is 5.89 Å². The molecule has 2 amide bonds. The van der Waals surface area contributed by atoms with Gasteiger partial charge in [0.25, 0.3) is 0 Å². The number of nitrogens with one attached hydrogen (secondary N) is 1. The molecule has 1 unspecified atom stereocenters. The van der Waals surface area contributed by atoms with Gasteiger partial charge in [-0.2, -0.15) is 4.98 Å². The fourth-order valence-corrected chi connectivity index (χ4v) is 2.25. The Morgan fingerprint density at radius 2 is 2.24 bits per heavy atom. The number of amides is 2. The zero-order valence-corrected chi connectivity index (χ0v) is 13.0. The van der Waals surface area contributed by atoms with E-state index in [0.717, 1.165) is 25.1 Å². The molecule has 1 fully saturated rings. The fraction of sp³-hybridized carbons (Fsp3) is 0.786. The normalized spacial score (nSPS) is 17.8. The van der Waals surface area contributed by atoms with Gasteiger partial charge in [-0.1, -0.05) is 25.4 Å². The van der Waals surface area contributed by atoms with Crippen molar-refractivity contribution in [3.8, 4) is 0 Å². The molecular formula is C14H24N4O3. The van der Waals surface area contributed by atoms with E-state index >= 15 is 0 Å². The summed E-state index contributed by atoms with van der Waals surface area (Å²) in [7, 11) is 0. The maximum Gasteiger partial charge on any atom is 0.341 e. The van der Waals surface area contributed by atoms with Gasteiger partial charge in [0, 0.05) is 25.9 Å². The topological polar surface area (TPSA) is 80.5 Å². The first kappa shape index (κ1) is 15.8. The smallest absolute Gasteiger partial charge is 0.340 e. The van der Waals surface area contributed by atoms with Crippen LogP contribution in [0.25, 0.3) is 0 Å². The van der Waals surface area contributed by atoms with Crippen molar-refractivity contribution in [2.75, 3.05) is 19.7 Å². The highest BCUT2D eigenvalue weighted by atomic mass is 16.7. The Morgan fingerprint density at radius 3 is 2.81 bits per heavy atom. The number of rotatable bonds is 5. The van der Waals surface area contributed by atoms with Gasteiger partial charge in [-0.05, 0) is 18.8 Å². The van der Waals surface area contributed by atoms with E-state index < -0.39 is 0 Å². The Morgan fingerprint density at radius 1 is 1.52 bits per heavy atom. The Hall–Kier alpha value is -1.63. The third kappa shape index (κ3) is 4.42. The van der Waals surface area contributed by atoms with Crippen LogP contribution in [0.2, 0.25) is 0 Å². The lowest BCUT2D eigenvalue weighted by Crippen LogP contribution is -2.44. The largest absolute Gasteiger partial charge is 0.341 e. The molecule has 7 heteroatoms. The lowest BCUT2D eigenvalue weighted by molar-refractivity contribution is 0.0266. The molecule has 0 aromatic carbocycles. The number of hydrogen-bond acceptors (Lipinski definition) is 5. The number of nitrogens with zero attached hydrogens (tertiary/aromatic N) is 3. The predicted molar refractivity (Wildman–Crippen MR) is 76.5 cm³/mol. The second kappa shape index (κ2) is 7.40. The summed E-state index contributed by atoms with van der Waals surface area (Å²) in [6.07, 6.45) is 2.72. The second-order valence-corrected chi connectivity index (χ2v) is 5.66. The third-order valence-electron chi connectivity index (χ3n) is 3.91. The van der Waals surface area contributed by atoms with Crippen LogP contribution in [0.3, 0.4) is 0 Å². The van der Waals surface area contributed by atoms with Crippen molar-refractivity contribution in [3.63, 3.8) is 0 Å². The number of carbonyl (C=O) groups is 1. The minimum atomic E-state index is -0.166. The molecule has 1 aromatic heterocycles. The number of aromatic nitrogens is 2. The van der Waals surface area contributed by atoms with E-state index in [4.69, 9.17) is 9.36 Å². The van der Waals surface area contributed by atoms with E-state index in [1.165, 1.54) is 0 Å². The second-order valence-electron chi connectivity index (χ2n) is 5.66. The van der Waals surface area contributed by atoms with Gasteiger partial charge in [0.1, 0.15) is 0 Å². The molecular weight excluding hydrogens is 272 g/mol. The minimum absolute atomic E-state index is 0.166. The van der Waals surface area contributed by atoms with Crippen molar-refractivity contribution in [2.24, 2.45) is 5.92 Å². The Labute approximate surface area is 125 Å². The summed E-state index contributed by atoms with van der Waals surface area (Å²) in [5.41, 5.74) is 2.51. The molecule has 2 heterocycles. The number of aryl methyl sites for hydroxylation is 1. The van der Waals surface area contributed by atoms with E-state index in [-0.39, 0.29) is 11.9 Å². The summed E-state index contributed by atoms with van der Waals surface area (Å²) in [4.78, 5) is 23.2. The van der Waals surface area contributed by atoms with Gasteiger partial charge < -0.3 is 9.42 Å². The van der Waals surface area contributed by atoms with Crippen LogP contribution < -0.4 is 5.48 Å².